The minimum atomic E-state index is -0.321. The molecule has 8 nitrogen and oxygen atoms in total. The maximum absolute atomic E-state index is 12.1. The minimum Gasteiger partial charge on any atom is -0.497 e. The first-order valence-corrected chi connectivity index (χ1v) is 8.53. The Morgan fingerprint density at radius 2 is 2.31 bits per heavy atom. The highest BCUT2D eigenvalue weighted by atomic mass is 16.5. The smallest absolute Gasteiger partial charge is 0.320 e. The lowest BCUT2D eigenvalue weighted by molar-refractivity contribution is 0.229. The number of urea groups is 1. The van der Waals surface area contributed by atoms with Gasteiger partial charge >= 0.3 is 6.03 Å². The molecule has 4 rings (SSSR count). The number of carbonyl (C=O) groups excluding carboxylic acids is 1. The number of methoxy groups -OCH3 is 1. The molecule has 26 heavy (non-hydrogen) atoms. The quantitative estimate of drug-likeness (QED) is 0.661. The summed E-state index contributed by atoms with van der Waals surface area (Å²) in [6.07, 6.45) is 0. The number of hydrogen-bond acceptors (Lipinski definition) is 6. The molecule has 1 aromatic carbocycles. The van der Waals surface area contributed by atoms with E-state index in [0.29, 0.717) is 30.8 Å². The van der Waals surface area contributed by atoms with Crippen LogP contribution in [0.3, 0.4) is 0 Å². The van der Waals surface area contributed by atoms with Crippen LogP contribution in [0, 0.1) is 0 Å². The molecule has 2 atom stereocenters. The van der Waals surface area contributed by atoms with Gasteiger partial charge in [0.2, 0.25) is 5.88 Å². The Kier molecular flexibility index (Phi) is 4.59. The van der Waals surface area contributed by atoms with Crippen LogP contribution >= 0.6 is 0 Å². The van der Waals surface area contributed by atoms with E-state index in [1.165, 1.54) is 0 Å². The zero-order chi connectivity index (χ0) is 17.9. The molecule has 2 unspecified atom stereocenters. The van der Waals surface area contributed by atoms with Crippen molar-refractivity contribution in [3.63, 3.8) is 0 Å². The number of ether oxygens (including phenoxy) is 2. The summed E-state index contributed by atoms with van der Waals surface area (Å²) in [6.45, 7) is 1.80. The molecular formula is C18H21N5O3. The molecule has 1 saturated heterocycles. The number of nitrogens with zero attached hydrogens (tertiary/aromatic N) is 1. The predicted octanol–water partition coefficient (Wildman–Crippen LogP) is 1.36. The van der Waals surface area contributed by atoms with Crippen molar-refractivity contribution in [1.29, 1.82) is 0 Å². The molecule has 1 fully saturated rings. The van der Waals surface area contributed by atoms with Gasteiger partial charge in [-0.1, -0.05) is 12.1 Å². The summed E-state index contributed by atoms with van der Waals surface area (Å²) in [4.78, 5) is 16.6. The molecule has 1 aromatic heterocycles. The zero-order valence-electron chi connectivity index (χ0n) is 14.4. The first kappa shape index (κ1) is 16.6. The van der Waals surface area contributed by atoms with Gasteiger partial charge in [-0.15, -0.1) is 0 Å². The van der Waals surface area contributed by atoms with Gasteiger partial charge in [-0.3, -0.25) is 16.2 Å². The monoisotopic (exact) mass is 355 g/mol. The Hall–Kier alpha value is -2.84. The second-order valence-electron chi connectivity index (χ2n) is 6.30. The van der Waals surface area contributed by atoms with Crippen molar-refractivity contribution < 1.29 is 14.3 Å². The lowest BCUT2D eigenvalue weighted by atomic mass is 9.92. The summed E-state index contributed by atoms with van der Waals surface area (Å²) in [6, 6.07) is 11.3. The highest BCUT2D eigenvalue weighted by Gasteiger charge is 2.35. The van der Waals surface area contributed by atoms with Crippen molar-refractivity contribution in [2.45, 2.75) is 18.5 Å². The number of amides is 2. The molecule has 136 valence electrons. The molecule has 0 spiro atoms. The number of nitrogens with one attached hydrogen (secondary N) is 4. The number of rotatable bonds is 4. The summed E-state index contributed by atoms with van der Waals surface area (Å²) < 4.78 is 10.9. The molecule has 2 aliphatic heterocycles. The molecule has 3 heterocycles. The van der Waals surface area contributed by atoms with Gasteiger partial charge in [0, 0.05) is 24.6 Å². The SMILES string of the molecule is COc1cccc(CNC(=O)Nc2ccc3c(n2)OCC2NNCC32)c1. The van der Waals surface area contributed by atoms with E-state index in [0.717, 1.165) is 23.4 Å². The first-order chi connectivity index (χ1) is 12.7. The van der Waals surface area contributed by atoms with Gasteiger partial charge in [-0.2, -0.15) is 4.98 Å². The van der Waals surface area contributed by atoms with Crippen LogP contribution in [0.2, 0.25) is 0 Å². The number of pyridine rings is 1. The Morgan fingerprint density at radius 3 is 3.19 bits per heavy atom. The van der Waals surface area contributed by atoms with Crippen molar-refractivity contribution in [3.05, 3.63) is 47.5 Å². The van der Waals surface area contributed by atoms with Crippen molar-refractivity contribution >= 4 is 11.8 Å². The Bertz CT molecular complexity index is 813. The third-order valence-corrected chi connectivity index (χ3v) is 4.61. The lowest BCUT2D eigenvalue weighted by Crippen LogP contribution is -2.38. The molecule has 2 aliphatic rings. The van der Waals surface area contributed by atoms with Crippen LogP contribution < -0.4 is 31.0 Å². The summed E-state index contributed by atoms with van der Waals surface area (Å²) in [7, 11) is 1.61. The second-order valence-corrected chi connectivity index (χ2v) is 6.30. The highest BCUT2D eigenvalue weighted by Crippen LogP contribution is 2.34. The highest BCUT2D eigenvalue weighted by molar-refractivity contribution is 5.88. The van der Waals surface area contributed by atoms with Crippen LogP contribution in [-0.2, 0) is 6.54 Å². The van der Waals surface area contributed by atoms with Gasteiger partial charge in [0.05, 0.1) is 13.2 Å². The van der Waals surface area contributed by atoms with Gasteiger partial charge in [0.25, 0.3) is 0 Å². The Balaban J connectivity index is 1.37. The topological polar surface area (TPSA) is 96.5 Å². The van der Waals surface area contributed by atoms with Crippen LogP contribution in [0.1, 0.15) is 17.0 Å². The zero-order valence-corrected chi connectivity index (χ0v) is 14.4. The number of benzene rings is 1. The fourth-order valence-corrected chi connectivity index (χ4v) is 3.24. The van der Waals surface area contributed by atoms with Crippen LogP contribution in [0.5, 0.6) is 11.6 Å². The van der Waals surface area contributed by atoms with Crippen LogP contribution in [0.4, 0.5) is 10.6 Å². The molecule has 2 amide bonds. The number of anilines is 1. The third-order valence-electron chi connectivity index (χ3n) is 4.61. The minimum absolute atomic E-state index is 0.259. The van der Waals surface area contributed by atoms with E-state index >= 15 is 0 Å². The Labute approximate surface area is 151 Å². The van der Waals surface area contributed by atoms with Crippen LogP contribution in [-0.4, -0.2) is 37.3 Å². The number of aromatic nitrogens is 1. The summed E-state index contributed by atoms with van der Waals surface area (Å²) >= 11 is 0. The summed E-state index contributed by atoms with van der Waals surface area (Å²) in [5.74, 6) is 2.14. The number of hydrazine groups is 1. The average molecular weight is 355 g/mol. The lowest BCUT2D eigenvalue weighted by Gasteiger charge is -2.26. The fraction of sp³-hybridized carbons (Fsp3) is 0.333. The standard InChI is InChI=1S/C18H21N5O3/c1-25-12-4-2-3-11(7-12)8-19-18(24)22-16-6-5-13-14-9-20-23-15(14)10-26-17(13)21-16/h2-7,14-15,20,23H,8-10H2,1H3,(H2,19,21,22,24). The molecule has 0 saturated carbocycles. The predicted molar refractivity (Wildman–Crippen MR) is 96.3 cm³/mol. The fourth-order valence-electron chi connectivity index (χ4n) is 3.24. The summed E-state index contributed by atoms with van der Waals surface area (Å²) in [5.41, 5.74) is 8.35. The van der Waals surface area contributed by atoms with Crippen molar-refractivity contribution in [2.75, 3.05) is 25.6 Å². The van der Waals surface area contributed by atoms with Gasteiger partial charge < -0.3 is 14.8 Å². The van der Waals surface area contributed by atoms with Crippen LogP contribution in [0.25, 0.3) is 0 Å². The van der Waals surface area contributed by atoms with E-state index in [9.17, 15) is 4.79 Å². The molecule has 2 aromatic rings. The Morgan fingerprint density at radius 1 is 1.38 bits per heavy atom. The van der Waals surface area contributed by atoms with Crippen LogP contribution in [0.15, 0.2) is 36.4 Å². The molecular weight excluding hydrogens is 334 g/mol. The second kappa shape index (κ2) is 7.19. The van der Waals surface area contributed by atoms with Gasteiger partial charge in [0.15, 0.2) is 0 Å². The number of fused-ring (bicyclic) bond motifs is 3. The van der Waals surface area contributed by atoms with E-state index < -0.39 is 0 Å². The van der Waals surface area contributed by atoms with Gasteiger partial charge in [-0.25, -0.2) is 4.79 Å². The van der Waals surface area contributed by atoms with E-state index in [-0.39, 0.29) is 12.1 Å². The molecule has 4 N–H and O–H groups in total. The van der Waals surface area contributed by atoms with E-state index in [2.05, 4.69) is 26.5 Å². The van der Waals surface area contributed by atoms with E-state index in [1.54, 1.807) is 13.2 Å². The maximum Gasteiger partial charge on any atom is 0.320 e. The van der Waals surface area contributed by atoms with E-state index in [4.69, 9.17) is 9.47 Å². The largest absolute Gasteiger partial charge is 0.497 e. The third kappa shape index (κ3) is 3.42. The normalized spacial score (nSPS) is 20.5. The van der Waals surface area contributed by atoms with Crippen molar-refractivity contribution in [3.8, 4) is 11.6 Å². The molecule has 0 aliphatic carbocycles. The molecule has 0 bridgehead atoms. The average Bonchev–Trinajstić information content (AvgIpc) is 3.15. The molecule has 8 heteroatoms. The molecule has 0 radical (unpaired) electrons. The van der Waals surface area contributed by atoms with Gasteiger partial charge in [0.1, 0.15) is 18.2 Å². The number of hydrogen-bond donors (Lipinski definition) is 4. The van der Waals surface area contributed by atoms with Crippen molar-refractivity contribution in [1.82, 2.24) is 21.2 Å². The first-order valence-electron chi connectivity index (χ1n) is 8.53. The maximum atomic E-state index is 12.1. The van der Waals surface area contributed by atoms with Gasteiger partial charge in [-0.05, 0) is 29.8 Å². The number of carbonyl (C=O) groups is 1. The van der Waals surface area contributed by atoms with E-state index in [1.807, 2.05) is 30.3 Å². The van der Waals surface area contributed by atoms with Crippen molar-refractivity contribution in [2.24, 2.45) is 0 Å². The summed E-state index contributed by atoms with van der Waals surface area (Å²) in [5, 5.41) is 5.56.